The van der Waals surface area contributed by atoms with Gasteiger partial charge in [0.25, 0.3) is 5.91 Å². The molecule has 0 bridgehead atoms. The van der Waals surface area contributed by atoms with Gasteiger partial charge in [-0.25, -0.2) is 0 Å². The average molecular weight is 377 g/mol. The molecule has 1 heterocycles. The van der Waals surface area contributed by atoms with Gasteiger partial charge in [-0.15, -0.1) is 0 Å². The summed E-state index contributed by atoms with van der Waals surface area (Å²) in [5.74, 6) is 0.573. The lowest BCUT2D eigenvalue weighted by Crippen LogP contribution is -2.33. The summed E-state index contributed by atoms with van der Waals surface area (Å²) in [6, 6.07) is 12.8. The number of hydrogen-bond acceptors (Lipinski definition) is 2. The summed E-state index contributed by atoms with van der Waals surface area (Å²) in [7, 11) is 0. The van der Waals surface area contributed by atoms with Crippen molar-refractivity contribution < 1.29 is 4.79 Å². The summed E-state index contributed by atoms with van der Waals surface area (Å²) >= 11 is 12.0. The molecule has 1 atom stereocenters. The van der Waals surface area contributed by atoms with E-state index in [1.807, 2.05) is 24.3 Å². The quantitative estimate of drug-likeness (QED) is 0.766. The Kier molecular flexibility index (Phi) is 6.00. The smallest absolute Gasteiger partial charge is 0.255 e. The Labute approximate surface area is 158 Å². The van der Waals surface area contributed by atoms with Gasteiger partial charge >= 0.3 is 0 Å². The minimum atomic E-state index is -0.192. The van der Waals surface area contributed by atoms with Gasteiger partial charge in [0.2, 0.25) is 0 Å². The van der Waals surface area contributed by atoms with E-state index in [-0.39, 0.29) is 5.91 Å². The Balaban J connectivity index is 1.63. The predicted molar refractivity (Wildman–Crippen MR) is 105 cm³/mol. The fourth-order valence-corrected chi connectivity index (χ4v) is 3.57. The first kappa shape index (κ1) is 18.2. The van der Waals surface area contributed by atoms with E-state index in [0.717, 1.165) is 25.6 Å². The van der Waals surface area contributed by atoms with Crippen molar-refractivity contribution in [1.29, 1.82) is 0 Å². The Morgan fingerprint density at radius 1 is 1.20 bits per heavy atom. The highest BCUT2D eigenvalue weighted by atomic mass is 35.5. The van der Waals surface area contributed by atoms with Gasteiger partial charge in [-0.1, -0.05) is 42.3 Å². The molecular formula is C20H22Cl2N2O. The fourth-order valence-electron chi connectivity index (χ4n) is 3.24. The van der Waals surface area contributed by atoms with E-state index in [2.05, 4.69) is 17.1 Å². The zero-order valence-corrected chi connectivity index (χ0v) is 15.8. The van der Waals surface area contributed by atoms with Crippen LogP contribution in [0.5, 0.6) is 0 Å². The van der Waals surface area contributed by atoms with Crippen LogP contribution in [0.1, 0.15) is 35.7 Å². The van der Waals surface area contributed by atoms with Crippen molar-refractivity contribution in [3.8, 4) is 0 Å². The van der Waals surface area contributed by atoms with Crippen LogP contribution in [0.2, 0.25) is 10.0 Å². The number of halogens is 2. The van der Waals surface area contributed by atoms with E-state index in [1.54, 1.807) is 18.2 Å². The minimum absolute atomic E-state index is 0.192. The van der Waals surface area contributed by atoms with Crippen LogP contribution in [0.15, 0.2) is 42.5 Å². The van der Waals surface area contributed by atoms with E-state index in [0.29, 0.717) is 21.3 Å². The summed E-state index contributed by atoms with van der Waals surface area (Å²) < 4.78 is 0. The first-order chi connectivity index (χ1) is 12.0. The molecule has 1 aliphatic heterocycles. The minimum Gasteiger partial charge on any atom is -0.321 e. The van der Waals surface area contributed by atoms with Gasteiger partial charge in [-0.3, -0.25) is 9.69 Å². The van der Waals surface area contributed by atoms with E-state index in [4.69, 9.17) is 23.2 Å². The number of piperidine rings is 1. The standard InChI is InChI=1S/C20H22Cl2N2O/c1-14-3-2-10-24(12-14)13-15-4-6-16(7-5-15)20(25)23-19-11-17(21)8-9-18(19)22/h4-9,11,14H,2-3,10,12-13H2,1H3,(H,23,25)/t14-/m0/s1. The highest BCUT2D eigenvalue weighted by Crippen LogP contribution is 2.26. The Hall–Kier alpha value is -1.55. The molecule has 0 unspecified atom stereocenters. The highest BCUT2D eigenvalue weighted by Gasteiger charge is 2.16. The van der Waals surface area contributed by atoms with Crippen LogP contribution in [-0.2, 0) is 6.54 Å². The second kappa shape index (κ2) is 8.22. The molecule has 0 spiro atoms. The molecule has 1 amide bonds. The molecule has 1 aliphatic rings. The fraction of sp³-hybridized carbons (Fsp3) is 0.350. The molecule has 3 nitrogen and oxygen atoms in total. The number of carbonyl (C=O) groups excluding carboxylic acids is 1. The summed E-state index contributed by atoms with van der Waals surface area (Å²) in [5.41, 5.74) is 2.35. The molecule has 132 valence electrons. The summed E-state index contributed by atoms with van der Waals surface area (Å²) in [4.78, 5) is 14.9. The van der Waals surface area contributed by atoms with Crippen molar-refractivity contribution in [3.63, 3.8) is 0 Å². The number of benzene rings is 2. The lowest BCUT2D eigenvalue weighted by molar-refractivity contribution is 0.102. The number of rotatable bonds is 4. The van der Waals surface area contributed by atoms with E-state index < -0.39 is 0 Å². The Morgan fingerprint density at radius 3 is 2.68 bits per heavy atom. The number of hydrogen-bond donors (Lipinski definition) is 1. The number of amides is 1. The maximum Gasteiger partial charge on any atom is 0.255 e. The normalized spacial score (nSPS) is 18.1. The molecule has 0 radical (unpaired) electrons. The van der Waals surface area contributed by atoms with Crippen LogP contribution in [0.3, 0.4) is 0 Å². The molecule has 1 N–H and O–H groups in total. The summed E-state index contributed by atoms with van der Waals surface area (Å²) in [5, 5.41) is 3.81. The monoisotopic (exact) mass is 376 g/mol. The lowest BCUT2D eigenvalue weighted by Gasteiger charge is -2.30. The maximum absolute atomic E-state index is 12.4. The third-order valence-corrected chi connectivity index (χ3v) is 5.10. The molecule has 0 saturated carbocycles. The number of anilines is 1. The molecular weight excluding hydrogens is 355 g/mol. The van der Waals surface area contributed by atoms with Crippen LogP contribution >= 0.6 is 23.2 Å². The first-order valence-electron chi connectivity index (χ1n) is 8.59. The van der Waals surface area contributed by atoms with Crippen LogP contribution in [0.25, 0.3) is 0 Å². The van der Waals surface area contributed by atoms with Crippen molar-refractivity contribution in [1.82, 2.24) is 4.90 Å². The SMILES string of the molecule is C[C@H]1CCCN(Cc2ccc(C(=O)Nc3cc(Cl)ccc3Cl)cc2)C1. The van der Waals surface area contributed by atoms with Gasteiger partial charge in [0.1, 0.15) is 0 Å². The second-order valence-corrected chi connectivity index (χ2v) is 7.60. The Bertz CT molecular complexity index is 746. The van der Waals surface area contributed by atoms with E-state index in [9.17, 15) is 4.79 Å². The number of carbonyl (C=O) groups is 1. The van der Waals surface area contributed by atoms with Gasteiger partial charge in [0, 0.05) is 23.7 Å². The lowest BCUT2D eigenvalue weighted by atomic mass is 9.99. The molecule has 2 aromatic carbocycles. The molecule has 2 aromatic rings. The van der Waals surface area contributed by atoms with Crippen molar-refractivity contribution in [2.75, 3.05) is 18.4 Å². The maximum atomic E-state index is 12.4. The van der Waals surface area contributed by atoms with Crippen molar-refractivity contribution in [3.05, 3.63) is 63.6 Å². The summed E-state index contributed by atoms with van der Waals surface area (Å²) in [6.45, 7) is 5.54. The summed E-state index contributed by atoms with van der Waals surface area (Å²) in [6.07, 6.45) is 2.59. The molecule has 1 saturated heterocycles. The molecule has 0 aliphatic carbocycles. The van der Waals surface area contributed by atoms with Crippen molar-refractivity contribution in [2.24, 2.45) is 5.92 Å². The third-order valence-electron chi connectivity index (χ3n) is 4.54. The molecule has 1 fully saturated rings. The van der Waals surface area contributed by atoms with Crippen molar-refractivity contribution in [2.45, 2.75) is 26.3 Å². The van der Waals surface area contributed by atoms with Crippen LogP contribution in [-0.4, -0.2) is 23.9 Å². The van der Waals surface area contributed by atoms with Crippen LogP contribution in [0, 0.1) is 5.92 Å². The van der Waals surface area contributed by atoms with Gasteiger partial charge < -0.3 is 5.32 Å². The molecule has 5 heteroatoms. The largest absolute Gasteiger partial charge is 0.321 e. The van der Waals surface area contributed by atoms with E-state index in [1.165, 1.54) is 18.4 Å². The van der Waals surface area contributed by atoms with Gasteiger partial charge in [-0.2, -0.15) is 0 Å². The van der Waals surface area contributed by atoms with Gasteiger partial charge in [0.05, 0.1) is 10.7 Å². The first-order valence-corrected chi connectivity index (χ1v) is 9.34. The predicted octanol–water partition coefficient (Wildman–Crippen LogP) is 5.48. The zero-order valence-electron chi connectivity index (χ0n) is 14.3. The number of likely N-dealkylation sites (tertiary alicyclic amines) is 1. The Morgan fingerprint density at radius 2 is 1.96 bits per heavy atom. The topological polar surface area (TPSA) is 32.3 Å². The molecule has 25 heavy (non-hydrogen) atoms. The number of nitrogens with zero attached hydrogens (tertiary/aromatic N) is 1. The molecule has 0 aromatic heterocycles. The highest BCUT2D eigenvalue weighted by molar-refractivity contribution is 6.35. The second-order valence-electron chi connectivity index (χ2n) is 6.76. The van der Waals surface area contributed by atoms with Crippen LogP contribution < -0.4 is 5.32 Å². The average Bonchev–Trinajstić information content (AvgIpc) is 2.59. The number of nitrogens with one attached hydrogen (secondary N) is 1. The van der Waals surface area contributed by atoms with Gasteiger partial charge in [0.15, 0.2) is 0 Å². The van der Waals surface area contributed by atoms with Gasteiger partial charge in [-0.05, 0) is 61.2 Å². The van der Waals surface area contributed by atoms with Crippen LogP contribution in [0.4, 0.5) is 5.69 Å². The van der Waals surface area contributed by atoms with E-state index >= 15 is 0 Å². The third kappa shape index (κ3) is 4.97. The van der Waals surface area contributed by atoms with Crippen molar-refractivity contribution >= 4 is 34.8 Å². The zero-order chi connectivity index (χ0) is 17.8. The molecule has 3 rings (SSSR count).